The van der Waals surface area contributed by atoms with Crippen LogP contribution in [0.2, 0.25) is 0 Å². The molecule has 0 aliphatic heterocycles. The molecule has 0 amide bonds. The molecule has 0 saturated carbocycles. The van der Waals surface area contributed by atoms with Crippen LogP contribution in [-0.2, 0) is 12.8 Å². The highest BCUT2D eigenvalue weighted by molar-refractivity contribution is 7.99. The van der Waals surface area contributed by atoms with Crippen LogP contribution >= 0.6 is 11.8 Å². The first-order valence-corrected chi connectivity index (χ1v) is 6.52. The fourth-order valence-electron chi connectivity index (χ4n) is 2.12. The fraction of sp³-hybridized carbons (Fsp3) is 0.231. The number of benzene rings is 1. The van der Waals surface area contributed by atoms with Crippen LogP contribution in [0.1, 0.15) is 17.5 Å². The lowest BCUT2D eigenvalue weighted by Gasteiger charge is -2.03. The lowest BCUT2D eigenvalue weighted by molar-refractivity contribution is 0.911. The molecule has 86 valence electrons. The lowest BCUT2D eigenvalue weighted by atomic mass is 10.1. The van der Waals surface area contributed by atoms with Gasteiger partial charge in [-0.3, -0.25) is 0 Å². The number of nitrogens with zero attached hydrogens (tertiary/aromatic N) is 2. The molecule has 0 atom stereocenters. The molecule has 3 nitrogen and oxygen atoms in total. The van der Waals surface area contributed by atoms with Crippen LogP contribution in [0.25, 0.3) is 0 Å². The summed E-state index contributed by atoms with van der Waals surface area (Å²) in [5, 5.41) is 8.80. The van der Waals surface area contributed by atoms with E-state index in [0.717, 1.165) is 5.03 Å². The second-order valence-corrected chi connectivity index (χ2v) is 5.28. The Kier molecular flexibility index (Phi) is 2.73. The predicted molar refractivity (Wildman–Crippen MR) is 69.0 cm³/mol. The van der Waals surface area contributed by atoms with Crippen molar-refractivity contribution >= 4 is 17.6 Å². The maximum atomic E-state index is 5.51. The highest BCUT2D eigenvalue weighted by Gasteiger charge is 2.11. The second kappa shape index (κ2) is 4.37. The molecule has 0 bridgehead atoms. The van der Waals surface area contributed by atoms with Crippen LogP contribution in [0.5, 0.6) is 0 Å². The van der Waals surface area contributed by atoms with E-state index in [2.05, 4.69) is 28.4 Å². The number of anilines is 1. The monoisotopic (exact) mass is 243 g/mol. The van der Waals surface area contributed by atoms with Gasteiger partial charge in [0, 0.05) is 4.90 Å². The Bertz CT molecular complexity index is 537. The molecule has 1 aliphatic rings. The van der Waals surface area contributed by atoms with E-state index in [9.17, 15) is 0 Å². The quantitative estimate of drug-likeness (QED) is 0.881. The highest BCUT2D eigenvalue weighted by atomic mass is 32.2. The molecule has 0 radical (unpaired) electrons. The van der Waals surface area contributed by atoms with Gasteiger partial charge in [0.2, 0.25) is 0 Å². The van der Waals surface area contributed by atoms with Gasteiger partial charge in [0.05, 0.1) is 0 Å². The number of hydrogen-bond donors (Lipinski definition) is 1. The summed E-state index contributed by atoms with van der Waals surface area (Å²) in [5.41, 5.74) is 8.49. The standard InChI is InChI=1S/C13H13N3S/c14-12-6-7-13(16-15-12)17-11-5-4-9-2-1-3-10(9)8-11/h4-8H,1-3H2,(H2,14,15). The van der Waals surface area contributed by atoms with E-state index in [4.69, 9.17) is 5.73 Å². The van der Waals surface area contributed by atoms with Crippen molar-refractivity contribution < 1.29 is 0 Å². The maximum absolute atomic E-state index is 5.51. The van der Waals surface area contributed by atoms with E-state index in [1.54, 1.807) is 17.8 Å². The molecular formula is C13H13N3S. The number of fused-ring (bicyclic) bond motifs is 1. The van der Waals surface area contributed by atoms with Gasteiger partial charge in [-0.2, -0.15) is 0 Å². The van der Waals surface area contributed by atoms with Gasteiger partial charge in [0.25, 0.3) is 0 Å². The molecule has 4 heteroatoms. The molecule has 0 unspecified atom stereocenters. The zero-order chi connectivity index (χ0) is 11.7. The number of nitrogen functional groups attached to an aromatic ring is 1. The number of nitrogens with two attached hydrogens (primary N) is 1. The van der Waals surface area contributed by atoms with Crippen molar-refractivity contribution in [3.8, 4) is 0 Å². The molecule has 3 rings (SSSR count). The molecule has 1 aromatic heterocycles. The van der Waals surface area contributed by atoms with Crippen molar-refractivity contribution in [3.63, 3.8) is 0 Å². The molecule has 0 fully saturated rings. The van der Waals surface area contributed by atoms with Crippen LogP contribution < -0.4 is 5.73 Å². The van der Waals surface area contributed by atoms with Crippen molar-refractivity contribution in [3.05, 3.63) is 41.5 Å². The third-order valence-corrected chi connectivity index (χ3v) is 3.87. The molecule has 0 spiro atoms. The van der Waals surface area contributed by atoms with E-state index in [1.807, 2.05) is 6.07 Å². The van der Waals surface area contributed by atoms with Crippen LogP contribution in [0.15, 0.2) is 40.3 Å². The first-order valence-electron chi connectivity index (χ1n) is 5.70. The van der Waals surface area contributed by atoms with Gasteiger partial charge in [-0.1, -0.05) is 17.8 Å². The summed E-state index contributed by atoms with van der Waals surface area (Å²) in [5.74, 6) is 0.461. The first-order chi connectivity index (χ1) is 8.31. The summed E-state index contributed by atoms with van der Waals surface area (Å²) < 4.78 is 0. The molecular weight excluding hydrogens is 230 g/mol. The lowest BCUT2D eigenvalue weighted by Crippen LogP contribution is -1.92. The molecule has 0 saturated heterocycles. The maximum Gasteiger partial charge on any atom is 0.146 e. The molecule has 2 N–H and O–H groups in total. The van der Waals surface area contributed by atoms with Crippen molar-refractivity contribution in [2.24, 2.45) is 0 Å². The van der Waals surface area contributed by atoms with Gasteiger partial charge in [-0.25, -0.2) is 0 Å². The van der Waals surface area contributed by atoms with Crippen molar-refractivity contribution in [1.82, 2.24) is 10.2 Å². The van der Waals surface area contributed by atoms with Crippen LogP contribution in [-0.4, -0.2) is 10.2 Å². The Morgan fingerprint density at radius 2 is 1.88 bits per heavy atom. The van der Waals surface area contributed by atoms with Gasteiger partial charge in [0.1, 0.15) is 10.8 Å². The van der Waals surface area contributed by atoms with Gasteiger partial charge in [0.15, 0.2) is 0 Å². The largest absolute Gasteiger partial charge is 0.382 e. The summed E-state index contributed by atoms with van der Waals surface area (Å²) in [7, 11) is 0. The summed E-state index contributed by atoms with van der Waals surface area (Å²) in [6, 6.07) is 10.3. The van der Waals surface area contributed by atoms with E-state index < -0.39 is 0 Å². The summed E-state index contributed by atoms with van der Waals surface area (Å²) in [4.78, 5) is 1.23. The van der Waals surface area contributed by atoms with Crippen LogP contribution in [0, 0.1) is 0 Å². The Hall–Kier alpha value is -1.55. The highest BCUT2D eigenvalue weighted by Crippen LogP contribution is 2.30. The van der Waals surface area contributed by atoms with E-state index in [0.29, 0.717) is 5.82 Å². The smallest absolute Gasteiger partial charge is 0.146 e. The minimum Gasteiger partial charge on any atom is -0.382 e. The topological polar surface area (TPSA) is 51.8 Å². The van der Waals surface area contributed by atoms with E-state index >= 15 is 0 Å². The number of rotatable bonds is 2. The average Bonchev–Trinajstić information content (AvgIpc) is 2.79. The Balaban J connectivity index is 1.83. The van der Waals surface area contributed by atoms with E-state index in [1.165, 1.54) is 35.3 Å². The van der Waals surface area contributed by atoms with Crippen molar-refractivity contribution in [2.75, 3.05) is 5.73 Å². The predicted octanol–water partition coefficient (Wildman–Crippen LogP) is 2.70. The molecule has 2 aromatic rings. The minimum absolute atomic E-state index is 0.461. The zero-order valence-electron chi connectivity index (χ0n) is 9.39. The first kappa shape index (κ1) is 10.6. The second-order valence-electron chi connectivity index (χ2n) is 4.18. The normalized spacial score (nSPS) is 13.6. The summed E-state index contributed by atoms with van der Waals surface area (Å²) in [6.07, 6.45) is 3.71. The third-order valence-electron chi connectivity index (χ3n) is 2.95. The number of hydrogen-bond acceptors (Lipinski definition) is 4. The van der Waals surface area contributed by atoms with Gasteiger partial charge >= 0.3 is 0 Å². The van der Waals surface area contributed by atoms with Gasteiger partial charge in [-0.05, 0) is 54.7 Å². The SMILES string of the molecule is Nc1ccc(Sc2ccc3c(c2)CCC3)nn1. The molecule has 1 aliphatic carbocycles. The fourth-order valence-corrected chi connectivity index (χ4v) is 2.91. The minimum atomic E-state index is 0.461. The van der Waals surface area contributed by atoms with Gasteiger partial charge in [-0.15, -0.1) is 10.2 Å². The average molecular weight is 243 g/mol. The summed E-state index contributed by atoms with van der Waals surface area (Å²) in [6.45, 7) is 0. The Morgan fingerprint density at radius 3 is 2.71 bits per heavy atom. The van der Waals surface area contributed by atoms with E-state index in [-0.39, 0.29) is 0 Å². The molecule has 1 aromatic carbocycles. The van der Waals surface area contributed by atoms with Crippen molar-refractivity contribution in [2.45, 2.75) is 29.2 Å². The Labute approximate surface area is 104 Å². The van der Waals surface area contributed by atoms with Crippen molar-refractivity contribution in [1.29, 1.82) is 0 Å². The van der Waals surface area contributed by atoms with Crippen LogP contribution in [0.3, 0.4) is 0 Å². The zero-order valence-corrected chi connectivity index (χ0v) is 10.2. The van der Waals surface area contributed by atoms with Gasteiger partial charge < -0.3 is 5.73 Å². The number of aryl methyl sites for hydroxylation is 2. The number of aromatic nitrogens is 2. The molecule has 17 heavy (non-hydrogen) atoms. The van der Waals surface area contributed by atoms with Crippen LogP contribution in [0.4, 0.5) is 5.82 Å². The summed E-state index contributed by atoms with van der Waals surface area (Å²) >= 11 is 1.63. The molecule has 1 heterocycles. The Morgan fingerprint density at radius 1 is 1.00 bits per heavy atom. The third kappa shape index (κ3) is 2.26.